The summed E-state index contributed by atoms with van der Waals surface area (Å²) in [6, 6.07) is 6.90. The molecule has 0 saturated heterocycles. The van der Waals surface area contributed by atoms with E-state index in [0.29, 0.717) is 0 Å². The van der Waals surface area contributed by atoms with Gasteiger partial charge in [-0.2, -0.15) is 13.2 Å². The molecule has 2 heterocycles. The monoisotopic (exact) mass is 388 g/mol. The van der Waals surface area contributed by atoms with Crippen molar-refractivity contribution in [2.24, 2.45) is 0 Å². The zero-order valence-corrected chi connectivity index (χ0v) is 14.4. The van der Waals surface area contributed by atoms with Gasteiger partial charge in [-0.1, -0.05) is 6.92 Å². The molecule has 1 aromatic carbocycles. The van der Waals surface area contributed by atoms with Crippen LogP contribution in [0.2, 0.25) is 0 Å². The van der Waals surface area contributed by atoms with Gasteiger partial charge in [0.2, 0.25) is 5.89 Å². The second kappa shape index (κ2) is 6.34. The molecule has 3 aromatic rings. The number of halogens is 3. The molecule has 0 unspecified atom stereocenters. The zero-order chi connectivity index (χ0) is 18.2. The Labute approximate surface area is 145 Å². The number of nitrogens with zero attached hydrogens (tertiary/aromatic N) is 2. The predicted octanol–water partition coefficient (Wildman–Crippen LogP) is 4.30. The highest BCUT2D eigenvalue weighted by molar-refractivity contribution is 8.00. The van der Waals surface area contributed by atoms with E-state index in [1.165, 1.54) is 43.5 Å². The Morgan fingerprint density at radius 2 is 2.00 bits per heavy atom. The number of oxazole rings is 1. The SMILES string of the molecule is CCS(=O)(=O)c1ncccc1-c1nc2cc(SC(F)(F)F)ccc2o1. The fourth-order valence-electron chi connectivity index (χ4n) is 2.16. The van der Waals surface area contributed by atoms with E-state index < -0.39 is 15.3 Å². The van der Waals surface area contributed by atoms with Crippen LogP contribution in [0.4, 0.5) is 13.2 Å². The van der Waals surface area contributed by atoms with Crippen molar-refractivity contribution in [3.63, 3.8) is 0 Å². The van der Waals surface area contributed by atoms with Crippen LogP contribution in [-0.2, 0) is 9.84 Å². The van der Waals surface area contributed by atoms with Crippen molar-refractivity contribution in [3.05, 3.63) is 36.5 Å². The Morgan fingerprint density at radius 1 is 1.24 bits per heavy atom. The van der Waals surface area contributed by atoms with Crippen molar-refractivity contribution in [2.75, 3.05) is 5.75 Å². The minimum Gasteiger partial charge on any atom is -0.436 e. The van der Waals surface area contributed by atoms with Crippen LogP contribution in [-0.4, -0.2) is 29.6 Å². The summed E-state index contributed by atoms with van der Waals surface area (Å²) in [5, 5.41) is -0.172. The zero-order valence-electron chi connectivity index (χ0n) is 12.7. The van der Waals surface area contributed by atoms with Crippen LogP contribution in [0.5, 0.6) is 0 Å². The molecular weight excluding hydrogens is 377 g/mol. The number of sulfone groups is 1. The summed E-state index contributed by atoms with van der Waals surface area (Å²) in [6.45, 7) is 1.49. The van der Waals surface area contributed by atoms with Gasteiger partial charge in [0.05, 0.1) is 11.3 Å². The van der Waals surface area contributed by atoms with Crippen molar-refractivity contribution in [1.82, 2.24) is 9.97 Å². The molecule has 0 saturated carbocycles. The molecule has 0 amide bonds. The number of pyridine rings is 1. The number of hydrogen-bond donors (Lipinski definition) is 0. The Balaban J connectivity index is 2.09. The van der Waals surface area contributed by atoms with Gasteiger partial charge in [-0.15, -0.1) is 0 Å². The van der Waals surface area contributed by atoms with E-state index in [1.807, 2.05) is 0 Å². The first-order valence-corrected chi connectivity index (χ1v) is 9.51. The molecule has 0 aliphatic rings. The van der Waals surface area contributed by atoms with Crippen molar-refractivity contribution < 1.29 is 26.0 Å². The number of alkyl halides is 3. The topological polar surface area (TPSA) is 73.1 Å². The Morgan fingerprint density at radius 3 is 2.68 bits per heavy atom. The van der Waals surface area contributed by atoms with Crippen molar-refractivity contribution in [2.45, 2.75) is 22.4 Å². The lowest BCUT2D eigenvalue weighted by Gasteiger charge is -2.04. The summed E-state index contributed by atoms with van der Waals surface area (Å²) < 4.78 is 67.3. The van der Waals surface area contributed by atoms with Crippen LogP contribution in [0, 0.1) is 0 Å². The van der Waals surface area contributed by atoms with E-state index in [2.05, 4.69) is 9.97 Å². The summed E-state index contributed by atoms with van der Waals surface area (Å²) in [7, 11) is -3.61. The Bertz CT molecular complexity index is 1030. The van der Waals surface area contributed by atoms with E-state index in [1.54, 1.807) is 0 Å². The maximum Gasteiger partial charge on any atom is 0.446 e. The molecule has 0 aliphatic carbocycles. The van der Waals surface area contributed by atoms with Gasteiger partial charge in [0, 0.05) is 11.1 Å². The molecule has 25 heavy (non-hydrogen) atoms. The lowest BCUT2D eigenvalue weighted by atomic mass is 10.3. The van der Waals surface area contributed by atoms with Crippen LogP contribution >= 0.6 is 11.8 Å². The third-order valence-electron chi connectivity index (χ3n) is 3.27. The summed E-state index contributed by atoms with van der Waals surface area (Å²) in [6.07, 6.45) is 1.34. The van der Waals surface area contributed by atoms with Gasteiger partial charge in [-0.05, 0) is 42.1 Å². The highest BCUT2D eigenvalue weighted by Crippen LogP contribution is 2.38. The molecular formula is C15H11F3N2O3S2. The largest absolute Gasteiger partial charge is 0.446 e. The highest BCUT2D eigenvalue weighted by Gasteiger charge is 2.29. The average molecular weight is 388 g/mol. The van der Waals surface area contributed by atoms with Crippen LogP contribution < -0.4 is 0 Å². The summed E-state index contributed by atoms with van der Waals surface area (Å²) >= 11 is -0.258. The van der Waals surface area contributed by atoms with Crippen molar-refractivity contribution in [3.8, 4) is 11.5 Å². The van der Waals surface area contributed by atoms with E-state index in [-0.39, 0.29) is 50.0 Å². The number of hydrogen-bond acceptors (Lipinski definition) is 6. The molecule has 5 nitrogen and oxygen atoms in total. The Kier molecular flexibility index (Phi) is 4.50. The van der Waals surface area contributed by atoms with E-state index in [4.69, 9.17) is 4.42 Å². The molecule has 10 heteroatoms. The molecule has 2 aromatic heterocycles. The second-order valence-corrected chi connectivity index (χ2v) is 8.29. The first-order chi connectivity index (χ1) is 11.7. The molecule has 0 atom stereocenters. The van der Waals surface area contributed by atoms with Crippen molar-refractivity contribution >= 4 is 32.7 Å². The van der Waals surface area contributed by atoms with Gasteiger partial charge in [0.15, 0.2) is 20.4 Å². The molecule has 3 rings (SSSR count). The highest BCUT2D eigenvalue weighted by atomic mass is 32.2. The minimum atomic E-state index is -4.41. The van der Waals surface area contributed by atoms with Gasteiger partial charge in [0.1, 0.15) is 5.52 Å². The molecule has 0 radical (unpaired) electrons. The van der Waals surface area contributed by atoms with Crippen molar-refractivity contribution in [1.29, 1.82) is 0 Å². The lowest BCUT2D eigenvalue weighted by Crippen LogP contribution is -2.07. The molecule has 132 valence electrons. The summed E-state index contributed by atoms with van der Waals surface area (Å²) in [5.41, 5.74) is -3.78. The van der Waals surface area contributed by atoms with Gasteiger partial charge in [0.25, 0.3) is 0 Å². The lowest BCUT2D eigenvalue weighted by molar-refractivity contribution is -0.0328. The third kappa shape index (κ3) is 3.79. The normalized spacial score (nSPS) is 12.6. The summed E-state index contributed by atoms with van der Waals surface area (Å²) in [4.78, 5) is 7.99. The summed E-state index contributed by atoms with van der Waals surface area (Å²) in [5.74, 6) is -0.159. The van der Waals surface area contributed by atoms with Crippen LogP contribution in [0.15, 0.2) is 50.9 Å². The third-order valence-corrected chi connectivity index (χ3v) is 5.66. The average Bonchev–Trinajstić information content (AvgIpc) is 2.96. The standard InChI is InChI=1S/C15H11F3N2O3S2/c1-2-25(21,22)14-10(4-3-7-19-14)13-20-11-8-9(24-15(16,17)18)5-6-12(11)23-13/h3-8H,2H2,1H3. The quantitative estimate of drug-likeness (QED) is 0.621. The molecule has 0 spiro atoms. The van der Waals surface area contributed by atoms with Gasteiger partial charge < -0.3 is 4.42 Å². The number of thioether (sulfide) groups is 1. The second-order valence-electron chi connectivity index (χ2n) is 4.96. The maximum absolute atomic E-state index is 12.5. The number of rotatable bonds is 4. The number of fused-ring (bicyclic) bond motifs is 1. The van der Waals surface area contributed by atoms with Crippen LogP contribution in [0.1, 0.15) is 6.92 Å². The van der Waals surface area contributed by atoms with E-state index in [0.717, 1.165) is 0 Å². The first kappa shape index (κ1) is 17.7. The van der Waals surface area contributed by atoms with Gasteiger partial charge >= 0.3 is 5.51 Å². The first-order valence-electron chi connectivity index (χ1n) is 7.04. The predicted molar refractivity (Wildman–Crippen MR) is 86.9 cm³/mol. The van der Waals surface area contributed by atoms with Crippen LogP contribution in [0.25, 0.3) is 22.6 Å². The maximum atomic E-state index is 12.5. The van der Waals surface area contributed by atoms with Gasteiger partial charge in [-0.3, -0.25) is 0 Å². The molecule has 0 bridgehead atoms. The fraction of sp³-hybridized carbons (Fsp3) is 0.200. The van der Waals surface area contributed by atoms with E-state index in [9.17, 15) is 21.6 Å². The molecule has 0 N–H and O–H groups in total. The van der Waals surface area contributed by atoms with E-state index >= 15 is 0 Å². The minimum absolute atomic E-state index is 0.00992. The number of aromatic nitrogens is 2. The molecule has 0 aliphatic heterocycles. The molecule has 0 fully saturated rings. The smallest absolute Gasteiger partial charge is 0.436 e. The van der Waals surface area contributed by atoms with Crippen LogP contribution in [0.3, 0.4) is 0 Å². The van der Waals surface area contributed by atoms with Gasteiger partial charge in [-0.25, -0.2) is 18.4 Å². The Hall–Kier alpha value is -2.07. The number of benzene rings is 1. The fourth-order valence-corrected chi connectivity index (χ4v) is 3.72.